The Balaban J connectivity index is 0.000000570. The maximum absolute atomic E-state index is 9.10. The minimum atomic E-state index is -1.47. The zero-order chi connectivity index (χ0) is 27.1. The SMILES string of the molecule is CC(C)(O)C(C)(C)O.CC(C)(O)C(C)(C)O.OB(O)c1ccc(-c2ccc(B(O)O)cc2)cc1. The molecule has 0 saturated heterocycles. The van der Waals surface area contributed by atoms with E-state index in [0.29, 0.717) is 10.9 Å². The van der Waals surface area contributed by atoms with Crippen LogP contribution in [0.5, 0.6) is 0 Å². The Kier molecular flexibility index (Phi) is 11.7. The van der Waals surface area contributed by atoms with Gasteiger partial charge in [-0.2, -0.15) is 0 Å². The first-order valence-corrected chi connectivity index (χ1v) is 10.9. The summed E-state index contributed by atoms with van der Waals surface area (Å²) in [5, 5.41) is 72.3. The van der Waals surface area contributed by atoms with Gasteiger partial charge in [-0.3, -0.25) is 0 Å². The van der Waals surface area contributed by atoms with Gasteiger partial charge in [0.25, 0.3) is 0 Å². The Bertz CT molecular complexity index is 742. The Morgan fingerprint density at radius 2 is 0.588 bits per heavy atom. The molecule has 0 amide bonds. The molecule has 0 aliphatic rings. The van der Waals surface area contributed by atoms with Crippen molar-refractivity contribution in [2.24, 2.45) is 0 Å². The summed E-state index contributed by atoms with van der Waals surface area (Å²) in [6.07, 6.45) is 0. The molecule has 10 heteroatoms. The normalized spacial score (nSPS) is 12.1. The van der Waals surface area contributed by atoms with Crippen molar-refractivity contribution in [1.29, 1.82) is 0 Å². The number of aliphatic hydroxyl groups is 4. The number of hydrogen-bond acceptors (Lipinski definition) is 8. The van der Waals surface area contributed by atoms with Gasteiger partial charge in [0, 0.05) is 0 Å². The van der Waals surface area contributed by atoms with Crippen LogP contribution >= 0.6 is 0 Å². The smallest absolute Gasteiger partial charge is 0.423 e. The summed E-state index contributed by atoms with van der Waals surface area (Å²) in [7, 11) is -2.93. The average Bonchev–Trinajstić information content (AvgIpc) is 2.66. The van der Waals surface area contributed by atoms with Crippen molar-refractivity contribution in [3.8, 4) is 11.1 Å². The second kappa shape index (κ2) is 12.3. The second-order valence-corrected chi connectivity index (χ2v) is 10.2. The lowest BCUT2D eigenvalue weighted by molar-refractivity contribution is -0.107. The highest BCUT2D eigenvalue weighted by Gasteiger charge is 2.32. The third kappa shape index (κ3) is 11.1. The van der Waals surface area contributed by atoms with E-state index in [1.165, 1.54) is 0 Å². The Hall–Kier alpha value is -1.75. The van der Waals surface area contributed by atoms with Gasteiger partial charge < -0.3 is 40.5 Å². The second-order valence-electron chi connectivity index (χ2n) is 10.2. The van der Waals surface area contributed by atoms with Gasteiger partial charge in [0.1, 0.15) is 0 Å². The van der Waals surface area contributed by atoms with E-state index >= 15 is 0 Å². The van der Waals surface area contributed by atoms with Gasteiger partial charge in [-0.15, -0.1) is 0 Å². The summed E-state index contributed by atoms with van der Waals surface area (Å²) in [6, 6.07) is 13.6. The summed E-state index contributed by atoms with van der Waals surface area (Å²) in [5.41, 5.74) is -1.33. The first-order valence-electron chi connectivity index (χ1n) is 10.9. The third-order valence-corrected chi connectivity index (χ3v) is 5.75. The average molecular weight is 478 g/mol. The van der Waals surface area contributed by atoms with Crippen LogP contribution in [0.15, 0.2) is 48.5 Å². The van der Waals surface area contributed by atoms with Crippen molar-refractivity contribution in [3.63, 3.8) is 0 Å². The van der Waals surface area contributed by atoms with Crippen LogP contribution in [0.4, 0.5) is 0 Å². The first kappa shape index (κ1) is 32.2. The van der Waals surface area contributed by atoms with Crippen molar-refractivity contribution in [3.05, 3.63) is 48.5 Å². The van der Waals surface area contributed by atoms with Crippen LogP contribution < -0.4 is 10.9 Å². The van der Waals surface area contributed by atoms with Gasteiger partial charge in [0.15, 0.2) is 0 Å². The van der Waals surface area contributed by atoms with Gasteiger partial charge >= 0.3 is 14.2 Å². The zero-order valence-corrected chi connectivity index (χ0v) is 21.4. The zero-order valence-electron chi connectivity index (χ0n) is 21.4. The van der Waals surface area contributed by atoms with Crippen LogP contribution in [-0.4, -0.2) is 77.2 Å². The molecular weight excluding hydrogens is 438 g/mol. The summed E-state index contributed by atoms with van der Waals surface area (Å²) < 4.78 is 0. The molecule has 0 aliphatic carbocycles. The van der Waals surface area contributed by atoms with Crippen molar-refractivity contribution < 1.29 is 40.5 Å². The standard InChI is InChI=1S/C12H12B2O4.2C6H14O2/c15-13(16)11-5-1-9(2-6-11)10-3-7-12(8-4-10)14(17)18;2*1-5(2,7)6(3,4)8/h1-8,15-18H;2*7-8H,1-4H3. The third-order valence-electron chi connectivity index (χ3n) is 5.75. The van der Waals surface area contributed by atoms with Crippen molar-refractivity contribution >= 4 is 25.2 Å². The molecule has 0 unspecified atom stereocenters. The fourth-order valence-corrected chi connectivity index (χ4v) is 1.70. The molecule has 0 bridgehead atoms. The van der Waals surface area contributed by atoms with Crippen LogP contribution in [0.3, 0.4) is 0 Å². The van der Waals surface area contributed by atoms with Crippen molar-refractivity contribution in [2.45, 2.75) is 77.8 Å². The summed E-state index contributed by atoms with van der Waals surface area (Å²) in [5.74, 6) is 0. The highest BCUT2D eigenvalue weighted by Crippen LogP contribution is 2.20. The number of hydrogen-bond donors (Lipinski definition) is 8. The van der Waals surface area contributed by atoms with Crippen molar-refractivity contribution in [1.82, 2.24) is 0 Å². The molecule has 34 heavy (non-hydrogen) atoms. The van der Waals surface area contributed by atoms with E-state index in [-0.39, 0.29) is 0 Å². The van der Waals surface area contributed by atoms with E-state index < -0.39 is 36.6 Å². The molecule has 2 aromatic rings. The molecule has 0 heterocycles. The fourth-order valence-electron chi connectivity index (χ4n) is 1.70. The first-order chi connectivity index (χ1) is 15.1. The monoisotopic (exact) mass is 478 g/mol. The van der Waals surface area contributed by atoms with Crippen LogP contribution in [-0.2, 0) is 0 Å². The molecule has 2 aromatic carbocycles. The molecule has 8 nitrogen and oxygen atoms in total. The molecule has 0 radical (unpaired) electrons. The van der Waals surface area contributed by atoms with Gasteiger partial charge in [-0.25, -0.2) is 0 Å². The van der Waals surface area contributed by atoms with E-state index in [1.807, 2.05) is 0 Å². The quantitative estimate of drug-likeness (QED) is 0.274. The molecule has 190 valence electrons. The molecule has 0 atom stereocenters. The van der Waals surface area contributed by atoms with Gasteiger partial charge in [0.05, 0.1) is 22.4 Å². The van der Waals surface area contributed by atoms with Crippen LogP contribution in [0.25, 0.3) is 11.1 Å². The maximum Gasteiger partial charge on any atom is 0.488 e. The number of rotatable bonds is 5. The lowest BCUT2D eigenvalue weighted by Crippen LogP contribution is -2.44. The largest absolute Gasteiger partial charge is 0.488 e. The van der Waals surface area contributed by atoms with Crippen LogP contribution in [0.1, 0.15) is 55.4 Å². The summed E-state index contributed by atoms with van der Waals surface area (Å²) in [4.78, 5) is 0. The van der Waals surface area contributed by atoms with Gasteiger partial charge in [-0.05, 0) is 77.4 Å². The Morgan fingerprint density at radius 3 is 0.706 bits per heavy atom. The predicted molar refractivity (Wildman–Crippen MR) is 137 cm³/mol. The number of benzene rings is 2. The molecule has 0 spiro atoms. The van der Waals surface area contributed by atoms with Crippen LogP contribution in [0, 0.1) is 0 Å². The molecule has 0 aliphatic heterocycles. The van der Waals surface area contributed by atoms with E-state index in [1.54, 1.807) is 104 Å². The Morgan fingerprint density at radius 1 is 0.412 bits per heavy atom. The Labute approximate surface area is 203 Å². The molecule has 0 fully saturated rings. The van der Waals surface area contributed by atoms with Gasteiger partial charge in [-0.1, -0.05) is 48.5 Å². The molecule has 2 rings (SSSR count). The molecule has 0 aromatic heterocycles. The van der Waals surface area contributed by atoms with Crippen LogP contribution in [0.2, 0.25) is 0 Å². The topological polar surface area (TPSA) is 162 Å². The van der Waals surface area contributed by atoms with Crippen molar-refractivity contribution in [2.75, 3.05) is 0 Å². The lowest BCUT2D eigenvalue weighted by atomic mass is 9.78. The fraction of sp³-hybridized carbons (Fsp3) is 0.500. The van der Waals surface area contributed by atoms with E-state index in [0.717, 1.165) is 11.1 Å². The summed E-state index contributed by atoms with van der Waals surface area (Å²) in [6.45, 7) is 12.6. The highest BCUT2D eigenvalue weighted by molar-refractivity contribution is 6.59. The van der Waals surface area contributed by atoms with E-state index in [2.05, 4.69) is 0 Å². The minimum absolute atomic E-state index is 0.432. The maximum atomic E-state index is 9.10. The predicted octanol–water partition coefficient (Wildman–Crippen LogP) is -0.230. The van der Waals surface area contributed by atoms with Gasteiger partial charge in [0.2, 0.25) is 0 Å². The molecule has 0 saturated carbocycles. The lowest BCUT2D eigenvalue weighted by Gasteiger charge is -2.31. The summed E-state index contributed by atoms with van der Waals surface area (Å²) >= 11 is 0. The van der Waals surface area contributed by atoms with E-state index in [9.17, 15) is 0 Å². The van der Waals surface area contributed by atoms with E-state index in [4.69, 9.17) is 40.5 Å². The minimum Gasteiger partial charge on any atom is -0.423 e. The highest BCUT2D eigenvalue weighted by atomic mass is 16.4. The molecular formula is C24H40B2O8. The molecule has 8 N–H and O–H groups in total.